The molecule has 5 rings (SSSR count). The lowest BCUT2D eigenvalue weighted by Crippen LogP contribution is -2.22. The van der Waals surface area contributed by atoms with Crippen LogP contribution in [0.3, 0.4) is 0 Å². The van der Waals surface area contributed by atoms with Crippen LogP contribution in [0.4, 0.5) is 0 Å². The van der Waals surface area contributed by atoms with Gasteiger partial charge in [-0.25, -0.2) is 0 Å². The minimum absolute atomic E-state index is 0.148. The van der Waals surface area contributed by atoms with Gasteiger partial charge in [0.1, 0.15) is 5.75 Å². The number of carbonyl (C=O) groups is 4. The summed E-state index contributed by atoms with van der Waals surface area (Å²) in [4.78, 5) is 48.0. The number of carboxylic acid groups (broad SMARTS) is 2. The number of phenolic OH excluding ortho intramolecular Hbond substituents is 1. The van der Waals surface area contributed by atoms with Gasteiger partial charge in [0.05, 0.1) is 6.10 Å². The third kappa shape index (κ3) is 140. The number of primary amides is 2. The number of amides is 2. The van der Waals surface area contributed by atoms with Gasteiger partial charge < -0.3 is 59.9 Å². The summed E-state index contributed by atoms with van der Waals surface area (Å²) < 4.78 is 0. The molecule has 0 radical (unpaired) electrons. The first kappa shape index (κ1) is 136. The number of aliphatic carboxylic acids is 2. The fourth-order valence-electron chi connectivity index (χ4n) is 9.06. The molecule has 2 aliphatic rings. The third-order valence-corrected chi connectivity index (χ3v) is 17.5. The van der Waals surface area contributed by atoms with Crippen molar-refractivity contribution in [2.75, 3.05) is 44.0 Å². The van der Waals surface area contributed by atoms with E-state index in [1.807, 2.05) is 99.3 Å². The number of hydrogen-bond donors (Lipinski definition) is 12. The van der Waals surface area contributed by atoms with Crippen molar-refractivity contribution in [1.29, 1.82) is 0 Å². The number of aromatic hydroxyl groups is 1. The molecule has 1 heterocycles. The largest absolute Gasteiger partial charge is 0.508 e. The van der Waals surface area contributed by atoms with Crippen LogP contribution in [0.1, 0.15) is 346 Å². The maximum Gasteiger partial charge on any atom is 0.303 e. The zero-order valence-corrected chi connectivity index (χ0v) is 85.7. The molecular weight excluding hydrogens is 1550 g/mol. The molecule has 0 saturated carbocycles. The first-order chi connectivity index (χ1) is 56.2. The molecule has 0 spiro atoms. The van der Waals surface area contributed by atoms with Crippen molar-refractivity contribution in [1.82, 2.24) is 0 Å². The summed E-state index contributed by atoms with van der Waals surface area (Å²) in [5.41, 5.74) is 39.2. The van der Waals surface area contributed by atoms with Crippen LogP contribution in [0.15, 0.2) is 107 Å². The van der Waals surface area contributed by atoms with Gasteiger partial charge in [-0.05, 0) is 250 Å². The first-order valence-electron chi connectivity index (χ1n) is 45.8. The zero-order chi connectivity index (χ0) is 96.0. The molecule has 712 valence electrons. The van der Waals surface area contributed by atoms with Crippen molar-refractivity contribution in [3.8, 4) is 5.75 Å². The molecular formula is C102H198N8O9S2. The van der Waals surface area contributed by atoms with Crippen molar-refractivity contribution in [2.45, 2.75) is 349 Å². The molecule has 1 aliphatic carbocycles. The van der Waals surface area contributed by atoms with Gasteiger partial charge in [0.2, 0.25) is 11.8 Å². The second kappa shape index (κ2) is 96.5. The second-order valence-electron chi connectivity index (χ2n) is 37.4. The standard InChI is InChI=1S/C13H16.C10H14O.C10H14.C8H13N.C7H17N3.C7H17N.C6H13NO.C6H15N.C6H12O2.C6H14S.C5H11NO.C5H10O2.C5H12O.C4H10O.C4H10S/c1-10(2)9-12-8-7-11-5-3-4-6-13(11)12;1-8(2)7-9-3-5-10(11)6-4-9;1-9(2)8-10-6-4-3-5-7-10;1-7(2)6-8-4-3-5-9-8;1-6(2)4-3-5-10-7(8)9;1-7(2)5-3-4-6-8;1-5(2)3-4-6(7)8;1-6(2)4-3-5-7;1-5(2)3-4-6(7)8;1-6(2)4-5-7-3;2*1-4(2)3-5(6)7;1-4(2)5(3)6;2*1-4(2)3-5/h3-6,8,10H,7,9H2,1-2H3;3-6,8,11H,7H2,1-2H3;3-7,9H,8H2,1-2H3;3,5,7H,4,6H2,1-2H3;6H,3-5H2,1-2H3,(H4,8,9,10);7H,3-6,8H2,1-2H3;5H,3-4H2,1-2H3,(H2,7,8);6H,3-5,7H2,1-2H3;5H,3-4H2,1-2H3,(H,7,8);6H,4-5H2,1-3H3;4H,3H2,1-2H3,(H2,6,7);4H,3H2,1-2H3,(H,6,7);4-6H,1-3H3;2*4-5H,3H2,1-2H3. The van der Waals surface area contributed by atoms with Crippen LogP contribution in [-0.2, 0) is 38.4 Å². The Balaban J connectivity index is -0.000000137. The van der Waals surface area contributed by atoms with Crippen molar-refractivity contribution in [3.63, 3.8) is 0 Å². The Bertz CT molecular complexity index is 2760. The van der Waals surface area contributed by atoms with E-state index in [2.05, 4.69) is 234 Å². The number of allylic oxidation sites excluding steroid dienone is 3. The number of aliphatic hydroxyl groups is 2. The van der Waals surface area contributed by atoms with E-state index in [4.69, 9.17) is 59.9 Å². The first-order valence-corrected chi connectivity index (χ1v) is 47.8. The number of nitrogens with two attached hydrogens (primary N) is 6. The maximum atomic E-state index is 10.1. The van der Waals surface area contributed by atoms with Crippen LogP contribution in [0.5, 0.6) is 5.75 Å². The summed E-state index contributed by atoms with van der Waals surface area (Å²) in [6.07, 6.45) is 28.5. The smallest absolute Gasteiger partial charge is 0.303 e. The monoisotopic (exact) mass is 1740 g/mol. The van der Waals surface area contributed by atoms with E-state index in [0.29, 0.717) is 67.1 Å². The average molecular weight is 1740 g/mol. The van der Waals surface area contributed by atoms with Gasteiger partial charge in [-0.2, -0.15) is 24.4 Å². The number of benzene rings is 3. The normalized spacial score (nSPS) is 11.3. The van der Waals surface area contributed by atoms with Crippen LogP contribution in [-0.4, -0.2) is 111 Å². The van der Waals surface area contributed by atoms with E-state index >= 15 is 0 Å². The highest BCUT2D eigenvalue weighted by molar-refractivity contribution is 7.98. The Hall–Kier alpha value is -5.70. The summed E-state index contributed by atoms with van der Waals surface area (Å²) in [7, 11) is 0. The summed E-state index contributed by atoms with van der Waals surface area (Å²) in [6.45, 7) is 68.3. The molecule has 1 atom stereocenters. The molecule has 19 heteroatoms. The highest BCUT2D eigenvalue weighted by atomic mass is 32.2. The lowest BCUT2D eigenvalue weighted by atomic mass is 9.98. The quantitative estimate of drug-likeness (QED) is 0.0113. The van der Waals surface area contributed by atoms with Crippen LogP contribution in [0.2, 0.25) is 0 Å². The molecule has 0 bridgehead atoms. The summed E-state index contributed by atoms with van der Waals surface area (Å²) in [5, 5.41) is 42.0. The Morgan fingerprint density at radius 2 is 0.860 bits per heavy atom. The maximum absolute atomic E-state index is 10.1. The van der Waals surface area contributed by atoms with Crippen molar-refractivity contribution >= 4 is 65.4 Å². The number of aliphatic imine (C=N–C) groups is 2. The predicted octanol–water partition coefficient (Wildman–Crippen LogP) is 25.1. The summed E-state index contributed by atoms with van der Waals surface area (Å²) >= 11 is 5.95. The fraction of sp³-hybridized carbons (Fsp3) is 0.725. The summed E-state index contributed by atoms with van der Waals surface area (Å²) in [6, 6.07) is 26.8. The highest BCUT2D eigenvalue weighted by Gasteiger charge is 2.14. The number of thiol groups is 1. The number of carbonyl (C=O) groups excluding carboxylic acids is 2. The Morgan fingerprint density at radius 1 is 0.455 bits per heavy atom. The van der Waals surface area contributed by atoms with E-state index < -0.39 is 11.9 Å². The van der Waals surface area contributed by atoms with Crippen LogP contribution >= 0.6 is 24.4 Å². The Labute approximate surface area is 757 Å². The molecule has 1 aliphatic heterocycles. The van der Waals surface area contributed by atoms with E-state index in [1.165, 1.54) is 91.5 Å². The number of guanidine groups is 1. The lowest BCUT2D eigenvalue weighted by molar-refractivity contribution is -0.138. The molecule has 17 nitrogen and oxygen atoms in total. The van der Waals surface area contributed by atoms with Crippen LogP contribution in [0.25, 0.3) is 5.57 Å². The number of unbranched alkanes of at least 4 members (excludes halogenated alkanes) is 1. The van der Waals surface area contributed by atoms with E-state index in [0.717, 1.165) is 118 Å². The zero-order valence-electron chi connectivity index (χ0n) is 83.9. The third-order valence-electron chi connectivity index (χ3n) is 16.1. The number of aliphatic hydroxyl groups excluding tert-OH is 2. The topological polar surface area (TPSA) is 350 Å². The molecule has 17 N–H and O–H groups in total. The molecule has 121 heavy (non-hydrogen) atoms. The number of hydrogen-bond acceptors (Lipinski definition) is 13. The van der Waals surface area contributed by atoms with Gasteiger partial charge in [-0.15, -0.1) is 0 Å². The Morgan fingerprint density at radius 3 is 1.14 bits per heavy atom. The minimum Gasteiger partial charge on any atom is -0.508 e. The molecule has 1 unspecified atom stereocenters. The minimum atomic E-state index is -0.713. The molecule has 3 aromatic carbocycles. The molecule has 3 aromatic rings. The Kier molecular flexibility index (Phi) is 108. The van der Waals surface area contributed by atoms with Crippen LogP contribution in [0, 0.1) is 88.8 Å². The van der Waals surface area contributed by atoms with E-state index in [-0.39, 0.29) is 36.2 Å². The summed E-state index contributed by atoms with van der Waals surface area (Å²) in [5.74, 6) is 10.7. The lowest BCUT2D eigenvalue weighted by Gasteiger charge is -2.07. The SMILES string of the molecule is CC(C)C(C)O.CC(C)CC(=O)O.CC(C)CC(N)=O.CC(C)CC1=CCc2ccccc21.CC(C)CC1=NC=CC1.CC(C)CCC(=O)O.CC(C)CCC(N)=O.CC(C)CCCCN.CC(C)CCCN.CC(C)CCCN=C(N)N.CC(C)CO.CC(C)CS.CC(C)Cc1ccc(O)cc1.CC(C)Cc1ccccc1.CSCCC(C)C. The van der Waals surface area contributed by atoms with Crippen molar-refractivity contribution < 1.29 is 44.7 Å². The van der Waals surface area contributed by atoms with Crippen molar-refractivity contribution in [2.24, 2.45) is 133 Å². The van der Waals surface area contributed by atoms with Gasteiger partial charge in [0, 0.05) is 57.2 Å². The molecule has 0 fully saturated rings. The number of carboxylic acids is 2. The van der Waals surface area contributed by atoms with Gasteiger partial charge in [-0.1, -0.05) is 299 Å². The van der Waals surface area contributed by atoms with Gasteiger partial charge in [-0.3, -0.25) is 29.2 Å². The molecule has 2 amide bonds. The number of fused-ring (bicyclic) bond motifs is 1. The number of phenols is 1. The predicted molar refractivity (Wildman–Crippen MR) is 541 cm³/mol. The van der Waals surface area contributed by atoms with Crippen LogP contribution < -0.4 is 34.4 Å². The number of nitrogens with zero attached hydrogens (tertiary/aromatic N) is 2. The fourth-order valence-corrected chi connectivity index (χ4v) is 9.77. The van der Waals surface area contributed by atoms with Gasteiger partial charge in [0.25, 0.3) is 0 Å². The number of thioether (sulfide) groups is 1. The van der Waals surface area contributed by atoms with Gasteiger partial charge in [0.15, 0.2) is 5.96 Å². The molecule has 0 saturated heterocycles. The number of rotatable bonds is 35. The van der Waals surface area contributed by atoms with E-state index in [1.54, 1.807) is 24.6 Å². The highest BCUT2D eigenvalue weighted by Crippen LogP contribution is 2.31. The van der Waals surface area contributed by atoms with Crippen molar-refractivity contribution in [3.05, 3.63) is 119 Å². The van der Waals surface area contributed by atoms with Gasteiger partial charge >= 0.3 is 11.9 Å². The molecule has 0 aromatic heterocycles. The average Bonchev–Trinajstić information content (AvgIpc) is 1.69. The second-order valence-corrected chi connectivity index (χ2v) is 38.7. The van der Waals surface area contributed by atoms with E-state index in [9.17, 15) is 19.2 Å².